The highest BCUT2D eigenvalue weighted by atomic mass is 35.5. The monoisotopic (exact) mass is 366 g/mol. The summed E-state index contributed by atoms with van der Waals surface area (Å²) in [5.74, 6) is 0.658. The number of hydrogen-bond donors (Lipinski definition) is 2. The average Bonchev–Trinajstić information content (AvgIpc) is 2.56. The van der Waals surface area contributed by atoms with E-state index >= 15 is 0 Å². The number of carbonyl (C=O) groups is 1. The van der Waals surface area contributed by atoms with Crippen molar-refractivity contribution in [3.8, 4) is 5.75 Å². The van der Waals surface area contributed by atoms with Crippen molar-refractivity contribution < 1.29 is 9.53 Å². The molecule has 2 aromatic carbocycles. The Morgan fingerprint density at radius 3 is 2.58 bits per heavy atom. The Morgan fingerprint density at radius 2 is 1.79 bits per heavy atom. The third kappa shape index (κ3) is 6.69. The number of urea groups is 1. The van der Waals surface area contributed by atoms with Gasteiger partial charge in [-0.15, -0.1) is 0 Å². The standard InChI is InChI=1S/C18H20Cl2N2O2/c19-15-6-3-5-14(13-15)9-11-22-18(23)21-10-4-12-24-17-8-2-1-7-16(17)20/h1-3,5-8,13H,4,9-12H2,(H2,21,22,23). The van der Waals surface area contributed by atoms with Gasteiger partial charge in [0.1, 0.15) is 5.75 Å². The molecule has 24 heavy (non-hydrogen) atoms. The summed E-state index contributed by atoms with van der Waals surface area (Å²) >= 11 is 11.9. The van der Waals surface area contributed by atoms with Gasteiger partial charge < -0.3 is 15.4 Å². The maximum Gasteiger partial charge on any atom is 0.314 e. The lowest BCUT2D eigenvalue weighted by Gasteiger charge is -2.09. The van der Waals surface area contributed by atoms with Gasteiger partial charge in [0.15, 0.2) is 0 Å². The van der Waals surface area contributed by atoms with Crippen molar-refractivity contribution in [1.82, 2.24) is 10.6 Å². The van der Waals surface area contributed by atoms with Gasteiger partial charge in [0.05, 0.1) is 11.6 Å². The summed E-state index contributed by atoms with van der Waals surface area (Å²) in [6.07, 6.45) is 1.44. The molecule has 0 radical (unpaired) electrons. The molecular weight excluding hydrogens is 347 g/mol. The Morgan fingerprint density at radius 1 is 1.00 bits per heavy atom. The second-order valence-corrected chi connectivity index (χ2v) is 6.04. The van der Waals surface area contributed by atoms with Crippen molar-refractivity contribution in [2.45, 2.75) is 12.8 Å². The van der Waals surface area contributed by atoms with E-state index in [-0.39, 0.29) is 6.03 Å². The Balaban J connectivity index is 1.54. The van der Waals surface area contributed by atoms with Crippen LogP contribution in [0.25, 0.3) is 0 Å². The smallest absolute Gasteiger partial charge is 0.314 e. The zero-order chi connectivity index (χ0) is 17.2. The first kappa shape index (κ1) is 18.4. The molecule has 0 aliphatic rings. The van der Waals surface area contributed by atoms with Crippen molar-refractivity contribution in [2.24, 2.45) is 0 Å². The maximum atomic E-state index is 11.7. The van der Waals surface area contributed by atoms with Crippen LogP contribution >= 0.6 is 23.2 Å². The summed E-state index contributed by atoms with van der Waals surface area (Å²) in [5.41, 5.74) is 1.09. The molecule has 0 fully saturated rings. The molecule has 0 spiro atoms. The summed E-state index contributed by atoms with van der Waals surface area (Å²) < 4.78 is 5.55. The molecule has 0 atom stereocenters. The molecule has 0 aliphatic heterocycles. The minimum atomic E-state index is -0.185. The van der Waals surface area contributed by atoms with Crippen LogP contribution in [0.1, 0.15) is 12.0 Å². The number of hydrogen-bond acceptors (Lipinski definition) is 2. The largest absolute Gasteiger partial charge is 0.492 e. The quantitative estimate of drug-likeness (QED) is 0.684. The van der Waals surface area contributed by atoms with Gasteiger partial charge in [-0.1, -0.05) is 47.5 Å². The fourth-order valence-corrected chi connectivity index (χ4v) is 2.50. The van der Waals surface area contributed by atoms with Gasteiger partial charge >= 0.3 is 6.03 Å². The Bertz CT molecular complexity index is 665. The molecule has 0 saturated heterocycles. The summed E-state index contributed by atoms with van der Waals surface area (Å²) in [6, 6.07) is 14.7. The second kappa shape index (κ2) is 10.1. The van der Waals surface area contributed by atoms with E-state index < -0.39 is 0 Å². The molecule has 0 saturated carbocycles. The zero-order valence-corrected chi connectivity index (χ0v) is 14.7. The van der Waals surface area contributed by atoms with Crippen LogP contribution in [-0.2, 0) is 6.42 Å². The van der Waals surface area contributed by atoms with Crippen LogP contribution in [-0.4, -0.2) is 25.7 Å². The minimum absolute atomic E-state index is 0.185. The van der Waals surface area contributed by atoms with E-state index in [2.05, 4.69) is 10.6 Å². The van der Waals surface area contributed by atoms with Crippen LogP contribution < -0.4 is 15.4 Å². The summed E-state index contributed by atoms with van der Waals surface area (Å²) in [5, 5.41) is 6.90. The topological polar surface area (TPSA) is 50.4 Å². The predicted octanol–water partition coefficient (Wildman–Crippen LogP) is 4.30. The minimum Gasteiger partial charge on any atom is -0.492 e. The SMILES string of the molecule is O=C(NCCCOc1ccccc1Cl)NCCc1cccc(Cl)c1. The van der Waals surface area contributed by atoms with Crippen molar-refractivity contribution in [3.63, 3.8) is 0 Å². The zero-order valence-electron chi connectivity index (χ0n) is 13.2. The van der Waals surface area contributed by atoms with Gasteiger partial charge in [-0.25, -0.2) is 4.79 Å². The van der Waals surface area contributed by atoms with E-state index in [1.54, 1.807) is 6.07 Å². The van der Waals surface area contributed by atoms with E-state index in [9.17, 15) is 4.79 Å². The van der Waals surface area contributed by atoms with Gasteiger partial charge in [0, 0.05) is 18.1 Å². The van der Waals surface area contributed by atoms with E-state index in [1.807, 2.05) is 42.5 Å². The third-order valence-corrected chi connectivity index (χ3v) is 3.84. The van der Waals surface area contributed by atoms with Crippen LogP contribution in [0.3, 0.4) is 0 Å². The molecule has 0 aromatic heterocycles. The van der Waals surface area contributed by atoms with Crippen LogP contribution in [0.15, 0.2) is 48.5 Å². The number of para-hydroxylation sites is 1. The molecule has 0 aliphatic carbocycles. The highest BCUT2D eigenvalue weighted by Gasteiger charge is 2.02. The lowest BCUT2D eigenvalue weighted by Crippen LogP contribution is -2.37. The van der Waals surface area contributed by atoms with Gasteiger partial charge in [0.25, 0.3) is 0 Å². The maximum absolute atomic E-state index is 11.7. The fourth-order valence-electron chi connectivity index (χ4n) is 2.09. The number of halogens is 2. The van der Waals surface area contributed by atoms with Crippen molar-refractivity contribution in [2.75, 3.05) is 19.7 Å². The highest BCUT2D eigenvalue weighted by Crippen LogP contribution is 2.22. The first-order valence-corrected chi connectivity index (χ1v) is 8.54. The van der Waals surface area contributed by atoms with E-state index in [1.165, 1.54) is 0 Å². The normalized spacial score (nSPS) is 10.2. The summed E-state index contributed by atoms with van der Waals surface area (Å²) in [7, 11) is 0. The molecule has 2 aromatic rings. The van der Waals surface area contributed by atoms with Gasteiger partial charge in [-0.05, 0) is 42.7 Å². The number of benzene rings is 2. The lowest BCUT2D eigenvalue weighted by atomic mass is 10.1. The molecule has 0 heterocycles. The average molecular weight is 367 g/mol. The van der Waals surface area contributed by atoms with Crippen LogP contribution in [0.5, 0.6) is 5.75 Å². The van der Waals surface area contributed by atoms with Gasteiger partial charge in [-0.3, -0.25) is 0 Å². The Kier molecular flexibility index (Phi) is 7.72. The van der Waals surface area contributed by atoms with Crippen molar-refractivity contribution in [1.29, 1.82) is 0 Å². The number of nitrogens with one attached hydrogen (secondary N) is 2. The first-order valence-electron chi connectivity index (χ1n) is 7.78. The number of rotatable bonds is 8. The van der Waals surface area contributed by atoms with Crippen LogP contribution in [0.2, 0.25) is 10.0 Å². The fraction of sp³-hybridized carbons (Fsp3) is 0.278. The van der Waals surface area contributed by atoms with E-state index in [0.717, 1.165) is 12.0 Å². The van der Waals surface area contributed by atoms with Gasteiger partial charge in [-0.2, -0.15) is 0 Å². The molecule has 0 unspecified atom stereocenters. The van der Waals surface area contributed by atoms with Crippen molar-refractivity contribution >= 4 is 29.2 Å². The van der Waals surface area contributed by atoms with E-state index in [4.69, 9.17) is 27.9 Å². The number of amides is 2. The molecule has 2 rings (SSSR count). The molecule has 0 bridgehead atoms. The lowest BCUT2D eigenvalue weighted by molar-refractivity contribution is 0.239. The molecular formula is C18H20Cl2N2O2. The third-order valence-electron chi connectivity index (χ3n) is 3.29. The highest BCUT2D eigenvalue weighted by molar-refractivity contribution is 6.32. The summed E-state index contributed by atoms with van der Waals surface area (Å²) in [4.78, 5) is 11.7. The molecule has 2 amide bonds. The molecule has 6 heteroatoms. The van der Waals surface area contributed by atoms with Gasteiger partial charge in [0.2, 0.25) is 0 Å². The number of carbonyl (C=O) groups excluding carboxylic acids is 1. The molecule has 4 nitrogen and oxygen atoms in total. The molecule has 128 valence electrons. The van der Waals surface area contributed by atoms with E-state index in [0.29, 0.717) is 41.9 Å². The second-order valence-electron chi connectivity index (χ2n) is 5.20. The number of ether oxygens (including phenoxy) is 1. The van der Waals surface area contributed by atoms with Crippen LogP contribution in [0.4, 0.5) is 4.79 Å². The van der Waals surface area contributed by atoms with Crippen molar-refractivity contribution in [3.05, 3.63) is 64.1 Å². The van der Waals surface area contributed by atoms with Crippen LogP contribution in [0, 0.1) is 0 Å². The first-order chi connectivity index (χ1) is 11.6. The summed E-state index contributed by atoms with van der Waals surface area (Å²) in [6.45, 7) is 1.59. The molecule has 2 N–H and O–H groups in total. The Labute approximate surface area is 152 Å². The predicted molar refractivity (Wildman–Crippen MR) is 98.1 cm³/mol. The Hall–Kier alpha value is -1.91.